The largest absolute Gasteiger partial charge is 0.461 e. The Labute approximate surface area is 102 Å². The number of rotatable bonds is 6. The van der Waals surface area contributed by atoms with Crippen molar-refractivity contribution >= 4 is 5.78 Å². The first-order valence-corrected chi connectivity index (χ1v) is 5.24. The molecule has 0 radical (unpaired) electrons. The van der Waals surface area contributed by atoms with E-state index in [2.05, 4.69) is 4.74 Å². The molecule has 0 aromatic heterocycles. The summed E-state index contributed by atoms with van der Waals surface area (Å²) < 4.78 is 53.1. The summed E-state index contributed by atoms with van der Waals surface area (Å²) in [5, 5.41) is 0. The molecule has 0 aliphatic rings. The van der Waals surface area contributed by atoms with Crippen LogP contribution in [0.5, 0.6) is 5.75 Å². The van der Waals surface area contributed by atoms with E-state index >= 15 is 0 Å². The first-order chi connectivity index (χ1) is 8.31. The van der Waals surface area contributed by atoms with Crippen LogP contribution in [0.4, 0.5) is 17.6 Å². The SMILES string of the molecule is CC(=O)CCc1cccc(OC(F)(F)C(F)F)c1. The van der Waals surface area contributed by atoms with Crippen molar-refractivity contribution in [3.05, 3.63) is 29.8 Å². The van der Waals surface area contributed by atoms with Gasteiger partial charge >= 0.3 is 12.5 Å². The Bertz CT molecular complexity index is 418. The highest BCUT2D eigenvalue weighted by atomic mass is 19.3. The van der Waals surface area contributed by atoms with E-state index in [1.54, 1.807) is 6.07 Å². The fourth-order valence-corrected chi connectivity index (χ4v) is 1.29. The molecule has 0 unspecified atom stereocenters. The van der Waals surface area contributed by atoms with Crippen molar-refractivity contribution in [2.75, 3.05) is 0 Å². The van der Waals surface area contributed by atoms with E-state index in [9.17, 15) is 22.4 Å². The Morgan fingerprint density at radius 1 is 1.39 bits per heavy atom. The highest BCUT2D eigenvalue weighted by Crippen LogP contribution is 2.27. The number of benzene rings is 1. The molecular formula is C12H12F4O2. The molecule has 0 atom stereocenters. The van der Waals surface area contributed by atoms with Gasteiger partial charge in [-0.2, -0.15) is 17.6 Å². The molecule has 0 aliphatic heterocycles. The number of hydrogen-bond donors (Lipinski definition) is 0. The minimum Gasteiger partial charge on any atom is -0.428 e. The Hall–Kier alpha value is -1.59. The number of ketones is 1. The van der Waals surface area contributed by atoms with Gasteiger partial charge in [0.1, 0.15) is 11.5 Å². The third-order valence-corrected chi connectivity index (χ3v) is 2.17. The van der Waals surface area contributed by atoms with Crippen molar-refractivity contribution in [3.8, 4) is 5.75 Å². The van der Waals surface area contributed by atoms with E-state index in [0.29, 0.717) is 12.0 Å². The fraction of sp³-hybridized carbons (Fsp3) is 0.417. The highest BCUT2D eigenvalue weighted by Gasteiger charge is 2.43. The van der Waals surface area contributed by atoms with Crippen molar-refractivity contribution < 1.29 is 27.1 Å². The zero-order valence-electron chi connectivity index (χ0n) is 9.63. The monoisotopic (exact) mass is 264 g/mol. The van der Waals surface area contributed by atoms with Crippen LogP contribution in [-0.2, 0) is 11.2 Å². The minimum absolute atomic E-state index is 0.0424. The Balaban J connectivity index is 2.73. The molecule has 1 aromatic rings. The molecule has 2 nitrogen and oxygen atoms in total. The molecule has 18 heavy (non-hydrogen) atoms. The van der Waals surface area contributed by atoms with Gasteiger partial charge in [-0.05, 0) is 31.0 Å². The number of carbonyl (C=O) groups excluding carboxylic acids is 1. The first kappa shape index (κ1) is 14.5. The molecule has 0 spiro atoms. The molecule has 0 aliphatic carbocycles. The summed E-state index contributed by atoms with van der Waals surface area (Å²) in [5.41, 5.74) is 0.577. The lowest BCUT2D eigenvalue weighted by Gasteiger charge is -2.17. The maximum absolute atomic E-state index is 12.7. The molecular weight excluding hydrogens is 252 g/mol. The van der Waals surface area contributed by atoms with Gasteiger partial charge in [0.2, 0.25) is 0 Å². The van der Waals surface area contributed by atoms with E-state index in [-0.39, 0.29) is 18.0 Å². The normalized spacial score (nSPS) is 11.7. The summed E-state index contributed by atoms with van der Waals surface area (Å²) in [6.07, 6.45) is -7.79. The average Bonchev–Trinajstić information content (AvgIpc) is 2.26. The summed E-state index contributed by atoms with van der Waals surface area (Å²) in [5.74, 6) is -0.388. The predicted octanol–water partition coefficient (Wildman–Crippen LogP) is 3.44. The van der Waals surface area contributed by atoms with E-state index < -0.39 is 12.5 Å². The second-order valence-corrected chi connectivity index (χ2v) is 3.81. The van der Waals surface area contributed by atoms with E-state index in [0.717, 1.165) is 6.07 Å². The molecule has 1 rings (SSSR count). The molecule has 0 saturated carbocycles. The quantitative estimate of drug-likeness (QED) is 0.736. The molecule has 6 heteroatoms. The maximum Gasteiger partial charge on any atom is 0.461 e. The minimum atomic E-state index is -4.51. The molecule has 0 bridgehead atoms. The van der Waals surface area contributed by atoms with Gasteiger partial charge in [-0.15, -0.1) is 0 Å². The third kappa shape index (κ3) is 4.35. The maximum atomic E-state index is 12.7. The van der Waals surface area contributed by atoms with Crippen LogP contribution in [0.3, 0.4) is 0 Å². The lowest BCUT2D eigenvalue weighted by Crippen LogP contribution is -2.33. The van der Waals surface area contributed by atoms with Gasteiger partial charge in [-0.25, -0.2) is 0 Å². The van der Waals surface area contributed by atoms with Crippen LogP contribution < -0.4 is 4.74 Å². The first-order valence-electron chi connectivity index (χ1n) is 5.24. The molecule has 100 valence electrons. The molecule has 0 heterocycles. The van der Waals surface area contributed by atoms with Gasteiger partial charge in [0.15, 0.2) is 0 Å². The van der Waals surface area contributed by atoms with Crippen LogP contribution >= 0.6 is 0 Å². The number of halogens is 4. The highest BCUT2D eigenvalue weighted by molar-refractivity contribution is 5.75. The standard InChI is InChI=1S/C12H12F4O2/c1-8(17)5-6-9-3-2-4-10(7-9)18-12(15,16)11(13)14/h2-4,7,11H,5-6H2,1H3. The van der Waals surface area contributed by atoms with Gasteiger partial charge in [-0.1, -0.05) is 12.1 Å². The van der Waals surface area contributed by atoms with Crippen molar-refractivity contribution in [1.82, 2.24) is 0 Å². The third-order valence-electron chi connectivity index (χ3n) is 2.17. The second-order valence-electron chi connectivity index (χ2n) is 3.81. The zero-order valence-corrected chi connectivity index (χ0v) is 9.63. The van der Waals surface area contributed by atoms with Gasteiger partial charge in [0.05, 0.1) is 0 Å². The van der Waals surface area contributed by atoms with Crippen molar-refractivity contribution in [1.29, 1.82) is 0 Å². The number of hydrogen-bond acceptors (Lipinski definition) is 2. The van der Waals surface area contributed by atoms with Crippen LogP contribution in [0.1, 0.15) is 18.9 Å². The molecule has 0 N–H and O–H groups in total. The number of carbonyl (C=O) groups is 1. The second kappa shape index (κ2) is 5.84. The van der Waals surface area contributed by atoms with Gasteiger partial charge in [0, 0.05) is 6.42 Å². The topological polar surface area (TPSA) is 26.3 Å². The summed E-state index contributed by atoms with van der Waals surface area (Å²) >= 11 is 0. The lowest BCUT2D eigenvalue weighted by atomic mass is 10.1. The van der Waals surface area contributed by atoms with E-state index in [1.165, 1.54) is 19.1 Å². The molecule has 0 saturated heterocycles. The van der Waals surface area contributed by atoms with Gasteiger partial charge in [-0.3, -0.25) is 0 Å². The zero-order chi connectivity index (χ0) is 13.8. The summed E-state index contributed by atoms with van der Waals surface area (Å²) in [6, 6.07) is 5.40. The summed E-state index contributed by atoms with van der Waals surface area (Å²) in [4.78, 5) is 10.8. The van der Waals surface area contributed by atoms with Gasteiger partial charge in [0.25, 0.3) is 0 Å². The Morgan fingerprint density at radius 3 is 2.61 bits per heavy atom. The van der Waals surface area contributed by atoms with Crippen molar-refractivity contribution in [3.63, 3.8) is 0 Å². The van der Waals surface area contributed by atoms with Crippen LogP contribution in [0.25, 0.3) is 0 Å². The van der Waals surface area contributed by atoms with Crippen molar-refractivity contribution in [2.45, 2.75) is 32.3 Å². The number of aryl methyl sites for hydroxylation is 1. The molecule has 0 fully saturated rings. The van der Waals surface area contributed by atoms with Gasteiger partial charge < -0.3 is 9.53 Å². The smallest absolute Gasteiger partial charge is 0.428 e. The molecule has 1 aromatic carbocycles. The summed E-state index contributed by atoms with van der Waals surface area (Å²) in [7, 11) is 0. The average molecular weight is 264 g/mol. The van der Waals surface area contributed by atoms with Crippen LogP contribution in [0.2, 0.25) is 0 Å². The Morgan fingerprint density at radius 2 is 2.06 bits per heavy atom. The number of ether oxygens (including phenoxy) is 1. The Kier molecular flexibility index (Phi) is 4.69. The summed E-state index contributed by atoms with van der Waals surface area (Å²) in [6.45, 7) is 1.41. The number of Topliss-reactive ketones (excluding diaryl/α,β-unsaturated/α-hetero) is 1. The molecule has 0 amide bonds. The van der Waals surface area contributed by atoms with E-state index in [1.807, 2.05) is 0 Å². The lowest BCUT2D eigenvalue weighted by molar-refractivity contribution is -0.253. The van der Waals surface area contributed by atoms with Crippen molar-refractivity contribution in [2.24, 2.45) is 0 Å². The van der Waals surface area contributed by atoms with Crippen LogP contribution in [0, 0.1) is 0 Å². The number of alkyl halides is 4. The predicted molar refractivity (Wildman–Crippen MR) is 57.0 cm³/mol. The van der Waals surface area contributed by atoms with Crippen LogP contribution in [-0.4, -0.2) is 18.3 Å². The van der Waals surface area contributed by atoms with E-state index in [4.69, 9.17) is 0 Å². The fourth-order valence-electron chi connectivity index (χ4n) is 1.29. The van der Waals surface area contributed by atoms with Crippen LogP contribution in [0.15, 0.2) is 24.3 Å².